The zero-order valence-electron chi connectivity index (χ0n) is 14.0. The van der Waals surface area contributed by atoms with Gasteiger partial charge in [0.15, 0.2) is 23.0 Å². The molecule has 2 aromatic carbocycles. The summed E-state index contributed by atoms with van der Waals surface area (Å²) in [6, 6.07) is 8.59. The molecule has 27 heavy (non-hydrogen) atoms. The molecule has 2 aliphatic heterocycles. The van der Waals surface area contributed by atoms with E-state index in [9.17, 15) is 18.3 Å². The number of rotatable bonds is 5. The summed E-state index contributed by atoms with van der Waals surface area (Å²) in [5, 5.41) is 9.23. The van der Waals surface area contributed by atoms with Crippen LogP contribution in [0.25, 0.3) is 0 Å². The third-order valence-electron chi connectivity index (χ3n) is 4.02. The fourth-order valence-corrected chi connectivity index (χ4v) is 4.21. The number of nitrogens with zero attached hydrogens (tertiary/aromatic N) is 1. The van der Waals surface area contributed by atoms with Crippen molar-refractivity contribution in [2.75, 3.05) is 30.9 Å². The average molecular weight is 393 g/mol. The van der Waals surface area contributed by atoms with Crippen molar-refractivity contribution in [2.45, 2.75) is 4.90 Å². The van der Waals surface area contributed by atoms with Crippen LogP contribution in [0.2, 0.25) is 0 Å². The normalized spacial score (nSPS) is 14.7. The zero-order chi connectivity index (χ0) is 19.0. The zero-order valence-corrected chi connectivity index (χ0v) is 14.8. The molecule has 0 radical (unpaired) electrons. The Morgan fingerprint density at radius 2 is 1.56 bits per heavy atom. The SMILES string of the molecule is O=C(O)CN(c1ccc2c(c1)OCO2)S(=O)(=O)c1ccc2c(c1)OCCO2. The summed E-state index contributed by atoms with van der Waals surface area (Å²) >= 11 is 0. The Bertz CT molecular complexity index is 1000. The quantitative estimate of drug-likeness (QED) is 0.813. The summed E-state index contributed by atoms with van der Waals surface area (Å²) in [7, 11) is -4.18. The molecule has 0 aromatic heterocycles. The minimum absolute atomic E-state index is 0.0205. The van der Waals surface area contributed by atoms with Gasteiger partial charge in [-0.05, 0) is 24.3 Å². The van der Waals surface area contributed by atoms with Crippen LogP contribution in [0, 0.1) is 0 Å². The highest BCUT2D eigenvalue weighted by molar-refractivity contribution is 7.92. The second-order valence-electron chi connectivity index (χ2n) is 5.75. The van der Waals surface area contributed by atoms with Gasteiger partial charge < -0.3 is 24.1 Å². The van der Waals surface area contributed by atoms with Gasteiger partial charge in [0, 0.05) is 12.1 Å². The Morgan fingerprint density at radius 3 is 2.33 bits per heavy atom. The van der Waals surface area contributed by atoms with Crippen molar-refractivity contribution >= 4 is 21.7 Å². The van der Waals surface area contributed by atoms with E-state index >= 15 is 0 Å². The predicted molar refractivity (Wildman–Crippen MR) is 92.2 cm³/mol. The van der Waals surface area contributed by atoms with Crippen LogP contribution in [0.4, 0.5) is 5.69 Å². The molecule has 2 aliphatic rings. The molecule has 0 fully saturated rings. The molecule has 0 spiro atoms. The van der Waals surface area contributed by atoms with Gasteiger partial charge in [-0.25, -0.2) is 8.42 Å². The number of sulfonamides is 1. The average Bonchev–Trinajstić information content (AvgIpc) is 3.13. The largest absolute Gasteiger partial charge is 0.486 e. The van der Waals surface area contributed by atoms with E-state index < -0.39 is 22.5 Å². The number of hydrogen-bond donors (Lipinski definition) is 1. The van der Waals surface area contributed by atoms with Crippen molar-refractivity contribution in [3.05, 3.63) is 36.4 Å². The molecule has 0 saturated heterocycles. The van der Waals surface area contributed by atoms with Crippen molar-refractivity contribution < 1.29 is 37.3 Å². The highest BCUT2D eigenvalue weighted by Crippen LogP contribution is 2.38. The van der Waals surface area contributed by atoms with Gasteiger partial charge in [-0.2, -0.15) is 0 Å². The van der Waals surface area contributed by atoms with E-state index in [1.54, 1.807) is 0 Å². The number of benzene rings is 2. The fourth-order valence-electron chi connectivity index (χ4n) is 2.79. The number of hydrogen-bond acceptors (Lipinski definition) is 7. The number of carbonyl (C=O) groups is 1. The van der Waals surface area contributed by atoms with Gasteiger partial charge in [0.25, 0.3) is 10.0 Å². The Balaban J connectivity index is 1.76. The summed E-state index contributed by atoms with van der Waals surface area (Å²) in [5.41, 5.74) is 0.150. The molecule has 0 atom stereocenters. The van der Waals surface area contributed by atoms with Crippen LogP contribution in [0.1, 0.15) is 0 Å². The van der Waals surface area contributed by atoms with Gasteiger partial charge in [-0.15, -0.1) is 0 Å². The lowest BCUT2D eigenvalue weighted by molar-refractivity contribution is -0.135. The van der Waals surface area contributed by atoms with Crippen LogP contribution in [0.3, 0.4) is 0 Å². The van der Waals surface area contributed by atoms with Gasteiger partial charge in [0.2, 0.25) is 6.79 Å². The topological polar surface area (TPSA) is 112 Å². The first-order chi connectivity index (χ1) is 12.9. The van der Waals surface area contributed by atoms with Crippen LogP contribution < -0.4 is 23.3 Å². The van der Waals surface area contributed by atoms with E-state index in [-0.39, 0.29) is 17.4 Å². The van der Waals surface area contributed by atoms with E-state index in [1.807, 2.05) is 0 Å². The summed E-state index contributed by atoms with van der Waals surface area (Å²) in [4.78, 5) is 11.2. The highest BCUT2D eigenvalue weighted by Gasteiger charge is 2.30. The van der Waals surface area contributed by atoms with Crippen molar-refractivity contribution in [1.29, 1.82) is 0 Å². The van der Waals surface area contributed by atoms with E-state index in [4.69, 9.17) is 18.9 Å². The van der Waals surface area contributed by atoms with Crippen molar-refractivity contribution in [3.8, 4) is 23.0 Å². The van der Waals surface area contributed by atoms with Gasteiger partial charge in [0.1, 0.15) is 19.8 Å². The molecule has 142 valence electrons. The van der Waals surface area contributed by atoms with E-state index in [0.29, 0.717) is 36.2 Å². The van der Waals surface area contributed by atoms with Crippen LogP contribution in [-0.4, -0.2) is 46.0 Å². The number of aliphatic carboxylic acids is 1. The molecule has 0 aliphatic carbocycles. The monoisotopic (exact) mass is 393 g/mol. The smallest absolute Gasteiger partial charge is 0.324 e. The fraction of sp³-hybridized carbons (Fsp3) is 0.235. The van der Waals surface area contributed by atoms with Crippen molar-refractivity contribution in [2.24, 2.45) is 0 Å². The number of carboxylic acid groups (broad SMARTS) is 1. The number of anilines is 1. The van der Waals surface area contributed by atoms with Gasteiger partial charge in [-0.1, -0.05) is 0 Å². The Kier molecular flexibility index (Phi) is 4.19. The summed E-state index contributed by atoms with van der Waals surface area (Å²) < 4.78 is 48.4. The van der Waals surface area contributed by atoms with Crippen molar-refractivity contribution in [1.82, 2.24) is 0 Å². The predicted octanol–water partition coefficient (Wildman–Crippen LogP) is 1.47. The van der Waals surface area contributed by atoms with E-state index in [2.05, 4.69) is 0 Å². The molecule has 1 N–H and O–H groups in total. The minimum Gasteiger partial charge on any atom is -0.486 e. The lowest BCUT2D eigenvalue weighted by Gasteiger charge is -2.24. The van der Waals surface area contributed by atoms with E-state index in [1.165, 1.54) is 36.4 Å². The minimum atomic E-state index is -4.18. The molecular formula is C17H15NO8S. The highest BCUT2D eigenvalue weighted by atomic mass is 32.2. The Morgan fingerprint density at radius 1 is 0.926 bits per heavy atom. The van der Waals surface area contributed by atoms with Gasteiger partial charge >= 0.3 is 5.97 Å². The molecule has 2 heterocycles. The maximum absolute atomic E-state index is 13.1. The summed E-state index contributed by atoms with van der Waals surface area (Å²) in [6.07, 6.45) is 0. The molecule has 0 amide bonds. The Labute approximate surface area is 154 Å². The molecule has 9 nitrogen and oxygen atoms in total. The van der Waals surface area contributed by atoms with Gasteiger partial charge in [-0.3, -0.25) is 9.10 Å². The lowest BCUT2D eigenvalue weighted by Crippen LogP contribution is -2.35. The molecule has 0 bridgehead atoms. The molecule has 0 unspecified atom stereocenters. The van der Waals surface area contributed by atoms with Gasteiger partial charge in [0.05, 0.1) is 10.6 Å². The molecule has 2 aromatic rings. The first-order valence-electron chi connectivity index (χ1n) is 7.99. The maximum Gasteiger partial charge on any atom is 0.324 e. The third-order valence-corrected chi connectivity index (χ3v) is 5.79. The number of ether oxygens (including phenoxy) is 4. The first-order valence-corrected chi connectivity index (χ1v) is 9.43. The van der Waals surface area contributed by atoms with Crippen LogP contribution >= 0.6 is 0 Å². The van der Waals surface area contributed by atoms with Crippen LogP contribution in [-0.2, 0) is 14.8 Å². The van der Waals surface area contributed by atoms with Crippen LogP contribution in [0.5, 0.6) is 23.0 Å². The molecule has 10 heteroatoms. The third kappa shape index (κ3) is 3.19. The summed E-state index contributed by atoms with van der Waals surface area (Å²) in [6.45, 7) is -0.0536. The maximum atomic E-state index is 13.1. The Hall–Kier alpha value is -3.14. The second-order valence-corrected chi connectivity index (χ2v) is 7.61. The molecular weight excluding hydrogens is 378 g/mol. The van der Waals surface area contributed by atoms with Crippen LogP contribution in [0.15, 0.2) is 41.3 Å². The van der Waals surface area contributed by atoms with Crippen molar-refractivity contribution in [3.63, 3.8) is 0 Å². The second kappa shape index (κ2) is 6.54. The number of carboxylic acids is 1. The molecule has 4 rings (SSSR count). The molecule has 0 saturated carbocycles. The van der Waals surface area contributed by atoms with E-state index in [0.717, 1.165) is 4.31 Å². The number of fused-ring (bicyclic) bond motifs is 2. The first kappa shape index (κ1) is 17.3. The summed E-state index contributed by atoms with van der Waals surface area (Å²) in [5.74, 6) is 0.246. The lowest BCUT2D eigenvalue weighted by atomic mass is 10.3. The standard InChI is InChI=1S/C17H15NO8S/c19-17(20)9-18(11-1-3-14-15(7-11)26-10-25-14)27(21,22)12-2-4-13-16(8-12)24-6-5-23-13/h1-4,7-8H,5-6,9-10H2,(H,19,20).